The summed E-state index contributed by atoms with van der Waals surface area (Å²) in [6.45, 7) is 4.25. The molecule has 4 rings (SSSR count). The SMILES string of the molecule is CCOC(=O)c1nn(Cc2cnn(-c3ccccc3)c2)c2c1CNCC2. The quantitative estimate of drug-likeness (QED) is 0.711. The van der Waals surface area contributed by atoms with Crippen molar-refractivity contribution in [1.82, 2.24) is 24.9 Å². The Labute approximate surface area is 151 Å². The van der Waals surface area contributed by atoms with E-state index in [0.717, 1.165) is 35.5 Å². The zero-order valence-electron chi connectivity index (χ0n) is 14.7. The molecule has 3 heterocycles. The van der Waals surface area contributed by atoms with Crippen LogP contribution in [0.25, 0.3) is 5.69 Å². The highest BCUT2D eigenvalue weighted by Gasteiger charge is 2.25. The standard InChI is InChI=1S/C19H21N5O2/c1-2-26-19(25)18-16-11-20-9-8-17(16)24(22-18)13-14-10-21-23(12-14)15-6-4-3-5-7-15/h3-7,10,12,20H,2,8-9,11,13H2,1H3. The van der Waals surface area contributed by atoms with Gasteiger partial charge in [-0.2, -0.15) is 10.2 Å². The number of rotatable bonds is 5. The van der Waals surface area contributed by atoms with Crippen molar-refractivity contribution in [2.24, 2.45) is 0 Å². The number of para-hydroxylation sites is 1. The second-order valence-corrected chi connectivity index (χ2v) is 6.21. The van der Waals surface area contributed by atoms with Gasteiger partial charge in [-0.25, -0.2) is 9.48 Å². The average molecular weight is 351 g/mol. The maximum atomic E-state index is 12.2. The summed E-state index contributed by atoms with van der Waals surface area (Å²) in [5.41, 5.74) is 4.51. The Bertz CT molecular complexity index is 913. The molecule has 1 aliphatic rings. The van der Waals surface area contributed by atoms with Crippen molar-refractivity contribution in [2.45, 2.75) is 26.4 Å². The fourth-order valence-electron chi connectivity index (χ4n) is 3.25. The average Bonchev–Trinajstić information content (AvgIpc) is 3.29. The van der Waals surface area contributed by atoms with Crippen LogP contribution in [0.3, 0.4) is 0 Å². The zero-order valence-corrected chi connectivity index (χ0v) is 14.7. The van der Waals surface area contributed by atoms with Crippen molar-refractivity contribution in [3.8, 4) is 5.69 Å². The van der Waals surface area contributed by atoms with Crippen molar-refractivity contribution >= 4 is 5.97 Å². The molecule has 1 aliphatic heterocycles. The molecule has 0 atom stereocenters. The summed E-state index contributed by atoms with van der Waals surface area (Å²) in [7, 11) is 0. The van der Waals surface area contributed by atoms with Crippen LogP contribution in [0.5, 0.6) is 0 Å². The van der Waals surface area contributed by atoms with E-state index in [1.165, 1.54) is 0 Å². The van der Waals surface area contributed by atoms with Gasteiger partial charge in [-0.05, 0) is 19.1 Å². The lowest BCUT2D eigenvalue weighted by Crippen LogP contribution is -2.25. The predicted octanol–water partition coefficient (Wildman–Crippen LogP) is 1.94. The fourth-order valence-corrected chi connectivity index (χ4v) is 3.25. The number of aromatic nitrogens is 4. The zero-order chi connectivity index (χ0) is 17.9. The molecule has 0 fully saturated rings. The van der Waals surface area contributed by atoms with Crippen LogP contribution < -0.4 is 5.32 Å². The van der Waals surface area contributed by atoms with Gasteiger partial charge in [-0.15, -0.1) is 0 Å². The minimum absolute atomic E-state index is 0.345. The number of carbonyl (C=O) groups excluding carboxylic acids is 1. The monoisotopic (exact) mass is 351 g/mol. The van der Waals surface area contributed by atoms with E-state index in [0.29, 0.717) is 25.4 Å². The molecule has 0 unspecified atom stereocenters. The van der Waals surface area contributed by atoms with Crippen molar-refractivity contribution in [2.75, 3.05) is 13.2 Å². The molecule has 26 heavy (non-hydrogen) atoms. The molecule has 3 aromatic rings. The fraction of sp³-hybridized carbons (Fsp3) is 0.316. The molecular formula is C19H21N5O2. The molecule has 0 amide bonds. The Morgan fingerprint density at radius 2 is 2.15 bits per heavy atom. The third-order valence-electron chi connectivity index (χ3n) is 4.46. The van der Waals surface area contributed by atoms with E-state index in [4.69, 9.17) is 4.74 Å². The van der Waals surface area contributed by atoms with Crippen LogP contribution >= 0.6 is 0 Å². The van der Waals surface area contributed by atoms with Gasteiger partial charge in [-0.3, -0.25) is 4.68 Å². The Kier molecular flexibility index (Phi) is 4.53. The van der Waals surface area contributed by atoms with Crippen LogP contribution in [-0.4, -0.2) is 38.7 Å². The van der Waals surface area contributed by atoms with E-state index >= 15 is 0 Å². The molecule has 0 aliphatic carbocycles. The van der Waals surface area contributed by atoms with Gasteiger partial charge in [0.1, 0.15) is 0 Å². The van der Waals surface area contributed by atoms with Gasteiger partial charge >= 0.3 is 5.97 Å². The van der Waals surface area contributed by atoms with E-state index in [1.54, 1.807) is 6.92 Å². The minimum Gasteiger partial charge on any atom is -0.461 e. The first kappa shape index (κ1) is 16.5. The lowest BCUT2D eigenvalue weighted by atomic mass is 10.1. The molecule has 0 saturated heterocycles. The van der Waals surface area contributed by atoms with Gasteiger partial charge in [0.15, 0.2) is 5.69 Å². The third-order valence-corrected chi connectivity index (χ3v) is 4.46. The molecular weight excluding hydrogens is 330 g/mol. The second kappa shape index (κ2) is 7.13. The van der Waals surface area contributed by atoms with E-state index in [2.05, 4.69) is 15.5 Å². The minimum atomic E-state index is -0.355. The predicted molar refractivity (Wildman–Crippen MR) is 96.3 cm³/mol. The highest BCUT2D eigenvalue weighted by molar-refractivity contribution is 5.89. The van der Waals surface area contributed by atoms with Gasteiger partial charge < -0.3 is 10.1 Å². The largest absolute Gasteiger partial charge is 0.461 e. The Morgan fingerprint density at radius 1 is 1.31 bits per heavy atom. The van der Waals surface area contributed by atoms with Crippen LogP contribution in [0.2, 0.25) is 0 Å². The van der Waals surface area contributed by atoms with Crippen LogP contribution in [0.15, 0.2) is 42.7 Å². The van der Waals surface area contributed by atoms with Crippen LogP contribution in [-0.2, 0) is 24.2 Å². The lowest BCUT2D eigenvalue weighted by molar-refractivity contribution is 0.0517. The van der Waals surface area contributed by atoms with E-state index < -0.39 is 0 Å². The first-order chi connectivity index (χ1) is 12.8. The number of hydrogen-bond donors (Lipinski definition) is 1. The summed E-state index contributed by atoms with van der Waals surface area (Å²) in [5, 5.41) is 12.3. The maximum absolute atomic E-state index is 12.2. The number of nitrogens with one attached hydrogen (secondary N) is 1. The Balaban J connectivity index is 1.62. The van der Waals surface area contributed by atoms with Crippen molar-refractivity contribution in [1.29, 1.82) is 0 Å². The first-order valence-electron chi connectivity index (χ1n) is 8.81. The van der Waals surface area contributed by atoms with Crippen LogP contribution in [0, 0.1) is 0 Å². The summed E-state index contributed by atoms with van der Waals surface area (Å²) in [4.78, 5) is 12.2. The van der Waals surface area contributed by atoms with Gasteiger partial charge in [0.25, 0.3) is 0 Å². The number of hydrogen-bond acceptors (Lipinski definition) is 5. The molecule has 0 saturated carbocycles. The normalized spacial score (nSPS) is 13.4. The molecule has 1 aromatic carbocycles. The van der Waals surface area contributed by atoms with Crippen molar-refractivity contribution < 1.29 is 9.53 Å². The van der Waals surface area contributed by atoms with Crippen LogP contribution in [0.1, 0.15) is 34.2 Å². The maximum Gasteiger partial charge on any atom is 0.359 e. The molecule has 134 valence electrons. The summed E-state index contributed by atoms with van der Waals surface area (Å²) < 4.78 is 8.92. The summed E-state index contributed by atoms with van der Waals surface area (Å²) in [5.74, 6) is -0.355. The molecule has 0 radical (unpaired) electrons. The lowest BCUT2D eigenvalue weighted by Gasteiger charge is -2.15. The number of carbonyl (C=O) groups is 1. The number of benzene rings is 1. The van der Waals surface area contributed by atoms with Gasteiger partial charge in [0.2, 0.25) is 0 Å². The van der Waals surface area contributed by atoms with E-state index in [9.17, 15) is 4.79 Å². The molecule has 7 heteroatoms. The number of fused-ring (bicyclic) bond motifs is 1. The molecule has 0 spiro atoms. The number of esters is 1. The number of nitrogens with zero attached hydrogens (tertiary/aromatic N) is 4. The highest BCUT2D eigenvalue weighted by atomic mass is 16.5. The highest BCUT2D eigenvalue weighted by Crippen LogP contribution is 2.21. The van der Waals surface area contributed by atoms with Crippen LogP contribution in [0.4, 0.5) is 0 Å². The smallest absolute Gasteiger partial charge is 0.359 e. The van der Waals surface area contributed by atoms with Crippen molar-refractivity contribution in [3.05, 3.63) is 65.2 Å². The molecule has 1 N–H and O–H groups in total. The second-order valence-electron chi connectivity index (χ2n) is 6.21. The van der Waals surface area contributed by atoms with E-state index in [-0.39, 0.29) is 5.97 Å². The Morgan fingerprint density at radius 3 is 2.96 bits per heavy atom. The molecule has 0 bridgehead atoms. The first-order valence-corrected chi connectivity index (χ1v) is 8.81. The topological polar surface area (TPSA) is 74.0 Å². The summed E-state index contributed by atoms with van der Waals surface area (Å²) >= 11 is 0. The summed E-state index contributed by atoms with van der Waals surface area (Å²) in [6.07, 6.45) is 4.68. The molecule has 7 nitrogen and oxygen atoms in total. The van der Waals surface area contributed by atoms with Gasteiger partial charge in [0, 0.05) is 42.5 Å². The van der Waals surface area contributed by atoms with Gasteiger partial charge in [0.05, 0.1) is 25.0 Å². The van der Waals surface area contributed by atoms with E-state index in [1.807, 2.05) is 52.1 Å². The van der Waals surface area contributed by atoms with Crippen molar-refractivity contribution in [3.63, 3.8) is 0 Å². The number of ether oxygens (including phenoxy) is 1. The summed E-state index contributed by atoms with van der Waals surface area (Å²) in [6, 6.07) is 9.97. The Hall–Kier alpha value is -2.93. The third kappa shape index (κ3) is 3.13. The van der Waals surface area contributed by atoms with Gasteiger partial charge in [-0.1, -0.05) is 18.2 Å². The molecule has 2 aromatic heterocycles.